The van der Waals surface area contributed by atoms with Gasteiger partial charge in [0, 0.05) is 29.9 Å². The number of hydrogen-bond acceptors (Lipinski definition) is 2. The van der Waals surface area contributed by atoms with Gasteiger partial charge in [0.1, 0.15) is 0 Å². The molecule has 0 saturated carbocycles. The molecule has 3 rings (SSSR count). The smallest absolute Gasteiger partial charge is 0.415 e. The van der Waals surface area contributed by atoms with Crippen LogP contribution in [0.4, 0.5) is 18.9 Å². The number of benzene rings is 2. The quantitative estimate of drug-likeness (QED) is 0.261. The lowest BCUT2D eigenvalue weighted by Crippen LogP contribution is -2.30. The van der Waals surface area contributed by atoms with E-state index in [2.05, 4.69) is 81.8 Å². The molecule has 0 spiro atoms. The van der Waals surface area contributed by atoms with Gasteiger partial charge in [-0.1, -0.05) is 68.8 Å². The Labute approximate surface area is 225 Å². The van der Waals surface area contributed by atoms with E-state index in [1.807, 2.05) is 0 Å². The van der Waals surface area contributed by atoms with Crippen LogP contribution in [0.3, 0.4) is 0 Å². The second kappa shape index (κ2) is 12.6. The van der Waals surface area contributed by atoms with E-state index in [4.69, 9.17) is 0 Å². The predicted octanol–water partition coefficient (Wildman–Crippen LogP) is 9.65. The van der Waals surface area contributed by atoms with E-state index in [1.165, 1.54) is 24.1 Å². The van der Waals surface area contributed by atoms with Gasteiger partial charge in [0.05, 0.1) is 5.76 Å². The molecule has 2 aromatic rings. The molecule has 0 amide bonds. The fraction of sp³-hybridized carbons (Fsp3) is 0.394. The molecule has 2 nitrogen and oxygen atoms in total. The molecule has 1 unspecified atom stereocenters. The Hall–Kier alpha value is -3.21. The van der Waals surface area contributed by atoms with Crippen LogP contribution in [0.5, 0.6) is 0 Å². The molecule has 0 saturated heterocycles. The molecular weight excluding hydrogens is 483 g/mol. The Bertz CT molecular complexity index is 1230. The largest absolute Gasteiger partial charge is 0.512 e. The Kier molecular flexibility index (Phi) is 9.70. The molecule has 38 heavy (non-hydrogen) atoms. The van der Waals surface area contributed by atoms with Gasteiger partial charge in [0.15, 0.2) is 0 Å². The molecule has 0 bridgehead atoms. The van der Waals surface area contributed by atoms with Crippen molar-refractivity contribution >= 4 is 11.3 Å². The molecule has 5 heteroatoms. The monoisotopic (exact) mass is 523 g/mol. The van der Waals surface area contributed by atoms with Gasteiger partial charge >= 0.3 is 6.18 Å². The van der Waals surface area contributed by atoms with Crippen LogP contribution in [0.1, 0.15) is 75.1 Å². The molecule has 0 heterocycles. The minimum absolute atomic E-state index is 0.0130. The van der Waals surface area contributed by atoms with Crippen LogP contribution in [-0.2, 0) is 6.42 Å². The van der Waals surface area contributed by atoms with Crippen LogP contribution in [0.15, 0.2) is 83.7 Å². The fourth-order valence-corrected chi connectivity index (χ4v) is 5.31. The Morgan fingerprint density at radius 3 is 2.34 bits per heavy atom. The van der Waals surface area contributed by atoms with E-state index in [0.717, 1.165) is 66.1 Å². The summed E-state index contributed by atoms with van der Waals surface area (Å²) < 4.78 is 39.5. The van der Waals surface area contributed by atoms with Gasteiger partial charge < -0.3 is 10.0 Å². The van der Waals surface area contributed by atoms with Crippen molar-refractivity contribution in [1.29, 1.82) is 0 Å². The summed E-state index contributed by atoms with van der Waals surface area (Å²) in [5.74, 6) is -0.0130. The number of nitrogens with zero attached hydrogens (tertiary/aromatic N) is 1. The highest BCUT2D eigenvalue weighted by Crippen LogP contribution is 2.40. The molecule has 0 radical (unpaired) electrons. The number of aliphatic hydroxyl groups excluding tert-OH is 1. The van der Waals surface area contributed by atoms with Gasteiger partial charge in [-0.25, -0.2) is 0 Å². The third kappa shape index (κ3) is 6.80. The van der Waals surface area contributed by atoms with Crippen molar-refractivity contribution in [3.8, 4) is 0 Å². The first-order valence-corrected chi connectivity index (χ1v) is 13.5. The molecular formula is C33H40F3NO. The molecule has 0 aliphatic heterocycles. The maximum Gasteiger partial charge on any atom is 0.415 e. The molecule has 204 valence electrons. The van der Waals surface area contributed by atoms with Crippen molar-refractivity contribution in [2.45, 2.75) is 78.4 Å². The lowest BCUT2D eigenvalue weighted by molar-refractivity contribution is -0.0878. The highest BCUT2D eigenvalue weighted by atomic mass is 19.4. The van der Waals surface area contributed by atoms with Crippen LogP contribution in [0.2, 0.25) is 0 Å². The first-order valence-electron chi connectivity index (χ1n) is 13.5. The van der Waals surface area contributed by atoms with Gasteiger partial charge in [0.25, 0.3) is 0 Å². The van der Waals surface area contributed by atoms with E-state index < -0.39 is 11.7 Å². The second-order valence-corrected chi connectivity index (χ2v) is 10.2. The first kappa shape index (κ1) is 29.3. The topological polar surface area (TPSA) is 23.5 Å². The van der Waals surface area contributed by atoms with E-state index in [9.17, 15) is 18.3 Å². The normalized spacial score (nSPS) is 15.7. The maximum atomic E-state index is 13.2. The number of aliphatic hydroxyl groups is 1. The zero-order valence-electron chi connectivity index (χ0n) is 23.3. The average molecular weight is 524 g/mol. The van der Waals surface area contributed by atoms with E-state index >= 15 is 0 Å². The maximum absolute atomic E-state index is 13.2. The number of fused-ring (bicyclic) bond motifs is 1. The molecule has 0 fully saturated rings. The summed E-state index contributed by atoms with van der Waals surface area (Å²) in [7, 11) is 2.13. The molecule has 2 aromatic carbocycles. The van der Waals surface area contributed by atoms with Crippen LogP contribution >= 0.6 is 0 Å². The van der Waals surface area contributed by atoms with Crippen molar-refractivity contribution in [1.82, 2.24) is 0 Å². The zero-order valence-corrected chi connectivity index (χ0v) is 23.3. The number of alkyl halides is 3. The summed E-state index contributed by atoms with van der Waals surface area (Å²) >= 11 is 0. The molecule has 1 atom stereocenters. The van der Waals surface area contributed by atoms with Crippen molar-refractivity contribution in [2.75, 3.05) is 11.9 Å². The lowest BCUT2D eigenvalue weighted by Gasteiger charge is -2.29. The number of rotatable bonds is 9. The summed E-state index contributed by atoms with van der Waals surface area (Å²) in [6.07, 6.45) is 3.42. The third-order valence-corrected chi connectivity index (χ3v) is 7.44. The third-order valence-electron chi connectivity index (χ3n) is 7.44. The number of anilines is 1. The van der Waals surface area contributed by atoms with E-state index in [-0.39, 0.29) is 5.76 Å². The number of halogens is 3. The standard InChI is InChI=1S/C33H40F3NO/c1-7-10-27(8-2)37(6)28-17-15-25(16-18-28)32-30-19-13-22(3)21-26(30)11-9-12-31(32)29(24(5)38)20-14-23(4)33(34,35)36/h13-21,27,38H,4,7-12H2,1-3,5-6H3/b20-14-,29-24-. The van der Waals surface area contributed by atoms with Crippen molar-refractivity contribution in [2.24, 2.45) is 0 Å². The highest BCUT2D eigenvalue weighted by Gasteiger charge is 2.30. The zero-order chi connectivity index (χ0) is 28.0. The van der Waals surface area contributed by atoms with Gasteiger partial charge in [-0.15, -0.1) is 0 Å². The summed E-state index contributed by atoms with van der Waals surface area (Å²) in [6, 6.07) is 15.2. The number of aryl methyl sites for hydroxylation is 2. The van der Waals surface area contributed by atoms with Crippen molar-refractivity contribution in [3.05, 3.63) is 106 Å². The number of allylic oxidation sites excluding steroid dienone is 6. The minimum Gasteiger partial charge on any atom is -0.512 e. The van der Waals surface area contributed by atoms with Gasteiger partial charge in [-0.05, 0) is 92.0 Å². The predicted molar refractivity (Wildman–Crippen MR) is 154 cm³/mol. The molecule has 1 N–H and O–H groups in total. The Balaban J connectivity index is 2.19. The van der Waals surface area contributed by atoms with Gasteiger partial charge in [-0.3, -0.25) is 0 Å². The SMILES string of the molecule is C=C(/C=C\C(C1=C(c2ccc(N(C)C(CC)CCC)cc2)c2ccc(C)cc2CCC1)=C(/C)O)C(F)(F)F. The fourth-order valence-electron chi connectivity index (χ4n) is 5.31. The average Bonchev–Trinajstić information content (AvgIpc) is 3.05. The Morgan fingerprint density at radius 1 is 1.08 bits per heavy atom. The van der Waals surface area contributed by atoms with Crippen molar-refractivity contribution in [3.63, 3.8) is 0 Å². The summed E-state index contributed by atoms with van der Waals surface area (Å²) in [5, 5.41) is 10.7. The highest BCUT2D eigenvalue weighted by molar-refractivity contribution is 5.87. The van der Waals surface area contributed by atoms with Crippen molar-refractivity contribution < 1.29 is 18.3 Å². The van der Waals surface area contributed by atoms with Gasteiger partial charge in [0.2, 0.25) is 0 Å². The van der Waals surface area contributed by atoms with E-state index in [0.29, 0.717) is 18.0 Å². The van der Waals surface area contributed by atoms with Crippen LogP contribution in [0.25, 0.3) is 5.57 Å². The Morgan fingerprint density at radius 2 is 1.76 bits per heavy atom. The molecule has 0 aromatic heterocycles. The van der Waals surface area contributed by atoms with Crippen LogP contribution in [0, 0.1) is 6.92 Å². The number of hydrogen-bond donors (Lipinski definition) is 1. The first-order chi connectivity index (χ1) is 18.0. The van der Waals surface area contributed by atoms with Crippen LogP contribution < -0.4 is 4.90 Å². The second-order valence-electron chi connectivity index (χ2n) is 10.2. The summed E-state index contributed by atoms with van der Waals surface area (Å²) in [6.45, 7) is 11.2. The molecule has 1 aliphatic rings. The van der Waals surface area contributed by atoms with E-state index in [1.54, 1.807) is 0 Å². The molecule has 1 aliphatic carbocycles. The van der Waals surface area contributed by atoms with Gasteiger partial charge in [-0.2, -0.15) is 13.2 Å². The summed E-state index contributed by atoms with van der Waals surface area (Å²) in [4.78, 5) is 2.32. The minimum atomic E-state index is -4.52. The van der Waals surface area contributed by atoms with Crippen LogP contribution in [-0.4, -0.2) is 24.4 Å². The summed E-state index contributed by atoms with van der Waals surface area (Å²) in [5.41, 5.74) is 6.81. The lowest BCUT2D eigenvalue weighted by atomic mass is 9.86.